The van der Waals surface area contributed by atoms with E-state index < -0.39 is 0 Å². The lowest BCUT2D eigenvalue weighted by atomic mass is 10.0. The normalized spacial score (nSPS) is 14.3. The SMILES string of the molecule is COc1ccc(CN(C2=CC(=O)CCC2)c2ccccc2)cc1. The van der Waals surface area contributed by atoms with Crippen LogP contribution in [0, 0.1) is 0 Å². The Morgan fingerprint density at radius 2 is 1.74 bits per heavy atom. The van der Waals surface area contributed by atoms with E-state index in [1.807, 2.05) is 30.3 Å². The molecule has 0 spiro atoms. The van der Waals surface area contributed by atoms with Crippen molar-refractivity contribution < 1.29 is 9.53 Å². The number of hydrogen-bond donors (Lipinski definition) is 0. The minimum Gasteiger partial charge on any atom is -0.497 e. The molecule has 0 bridgehead atoms. The van der Waals surface area contributed by atoms with Crippen LogP contribution in [0.5, 0.6) is 5.75 Å². The average molecular weight is 307 g/mol. The summed E-state index contributed by atoms with van der Waals surface area (Å²) in [7, 11) is 1.67. The number of ketones is 1. The number of rotatable bonds is 5. The Labute approximate surface area is 137 Å². The highest BCUT2D eigenvalue weighted by Crippen LogP contribution is 2.27. The van der Waals surface area contributed by atoms with Gasteiger partial charge in [0, 0.05) is 30.4 Å². The minimum atomic E-state index is 0.224. The van der Waals surface area contributed by atoms with Crippen LogP contribution >= 0.6 is 0 Å². The van der Waals surface area contributed by atoms with Crippen LogP contribution in [0.3, 0.4) is 0 Å². The van der Waals surface area contributed by atoms with Gasteiger partial charge in [0.05, 0.1) is 7.11 Å². The van der Waals surface area contributed by atoms with Gasteiger partial charge in [-0.2, -0.15) is 0 Å². The van der Waals surface area contributed by atoms with E-state index in [-0.39, 0.29) is 5.78 Å². The summed E-state index contributed by atoms with van der Waals surface area (Å²) in [5.74, 6) is 1.08. The van der Waals surface area contributed by atoms with Crippen molar-refractivity contribution >= 4 is 11.5 Å². The van der Waals surface area contributed by atoms with Crippen molar-refractivity contribution in [3.8, 4) is 5.75 Å². The first-order chi connectivity index (χ1) is 11.3. The zero-order valence-corrected chi connectivity index (χ0v) is 13.4. The zero-order valence-electron chi connectivity index (χ0n) is 13.4. The van der Waals surface area contributed by atoms with E-state index >= 15 is 0 Å². The fourth-order valence-electron chi connectivity index (χ4n) is 2.87. The second kappa shape index (κ2) is 7.14. The van der Waals surface area contributed by atoms with Crippen LogP contribution in [0.2, 0.25) is 0 Å². The third-order valence-electron chi connectivity index (χ3n) is 4.10. The van der Waals surface area contributed by atoms with Crippen molar-refractivity contribution in [2.75, 3.05) is 12.0 Å². The molecule has 3 heteroatoms. The number of ether oxygens (including phenoxy) is 1. The van der Waals surface area contributed by atoms with E-state index in [2.05, 4.69) is 29.2 Å². The Balaban J connectivity index is 1.90. The predicted molar refractivity (Wildman–Crippen MR) is 92.6 cm³/mol. The minimum absolute atomic E-state index is 0.224. The average Bonchev–Trinajstić information content (AvgIpc) is 2.61. The molecule has 23 heavy (non-hydrogen) atoms. The molecule has 0 saturated carbocycles. The number of allylic oxidation sites excluding steroid dienone is 2. The maximum atomic E-state index is 11.8. The number of para-hydroxylation sites is 1. The highest BCUT2D eigenvalue weighted by atomic mass is 16.5. The number of nitrogens with zero attached hydrogens (tertiary/aromatic N) is 1. The molecule has 0 radical (unpaired) electrons. The summed E-state index contributed by atoms with van der Waals surface area (Å²) >= 11 is 0. The lowest BCUT2D eigenvalue weighted by molar-refractivity contribution is -0.115. The second-order valence-electron chi connectivity index (χ2n) is 5.73. The molecule has 0 saturated heterocycles. The van der Waals surface area contributed by atoms with Crippen molar-refractivity contribution in [3.63, 3.8) is 0 Å². The third kappa shape index (κ3) is 3.81. The largest absolute Gasteiger partial charge is 0.497 e. The van der Waals surface area contributed by atoms with Gasteiger partial charge in [0.15, 0.2) is 5.78 Å². The molecule has 0 atom stereocenters. The van der Waals surface area contributed by atoms with Crippen LogP contribution in [-0.4, -0.2) is 12.9 Å². The number of hydrogen-bond acceptors (Lipinski definition) is 3. The fraction of sp³-hybridized carbons (Fsp3) is 0.250. The first-order valence-corrected chi connectivity index (χ1v) is 7.95. The topological polar surface area (TPSA) is 29.5 Å². The lowest BCUT2D eigenvalue weighted by Crippen LogP contribution is -2.24. The van der Waals surface area contributed by atoms with Gasteiger partial charge in [0.25, 0.3) is 0 Å². The molecule has 1 aliphatic rings. The van der Waals surface area contributed by atoms with Gasteiger partial charge in [-0.15, -0.1) is 0 Å². The smallest absolute Gasteiger partial charge is 0.157 e. The summed E-state index contributed by atoms with van der Waals surface area (Å²) in [5, 5.41) is 0. The zero-order chi connectivity index (χ0) is 16.1. The van der Waals surface area contributed by atoms with Gasteiger partial charge < -0.3 is 9.64 Å². The number of methoxy groups -OCH3 is 1. The molecule has 0 aromatic heterocycles. The summed E-state index contributed by atoms with van der Waals surface area (Å²) in [5.41, 5.74) is 3.40. The highest BCUT2D eigenvalue weighted by molar-refractivity contribution is 5.91. The third-order valence-corrected chi connectivity index (χ3v) is 4.10. The lowest BCUT2D eigenvalue weighted by Gasteiger charge is -2.29. The maximum Gasteiger partial charge on any atom is 0.157 e. The molecule has 0 fully saturated rings. The Kier molecular flexibility index (Phi) is 4.77. The monoisotopic (exact) mass is 307 g/mol. The Morgan fingerprint density at radius 3 is 2.39 bits per heavy atom. The van der Waals surface area contributed by atoms with Crippen molar-refractivity contribution in [2.45, 2.75) is 25.8 Å². The molecule has 118 valence electrons. The van der Waals surface area contributed by atoms with E-state index in [1.165, 1.54) is 5.56 Å². The first-order valence-electron chi connectivity index (χ1n) is 7.95. The van der Waals surface area contributed by atoms with Crippen molar-refractivity contribution in [3.05, 3.63) is 71.9 Å². The van der Waals surface area contributed by atoms with Crippen molar-refractivity contribution in [1.29, 1.82) is 0 Å². The van der Waals surface area contributed by atoms with Gasteiger partial charge in [-0.05, 0) is 42.7 Å². The van der Waals surface area contributed by atoms with Crippen molar-refractivity contribution in [2.24, 2.45) is 0 Å². The number of benzene rings is 2. The van der Waals surface area contributed by atoms with Crippen LogP contribution < -0.4 is 9.64 Å². The summed E-state index contributed by atoms with van der Waals surface area (Å²) in [6.45, 7) is 0.743. The fourth-order valence-corrected chi connectivity index (χ4v) is 2.87. The van der Waals surface area contributed by atoms with E-state index in [0.717, 1.165) is 36.5 Å². The number of carbonyl (C=O) groups is 1. The van der Waals surface area contributed by atoms with E-state index in [1.54, 1.807) is 13.2 Å². The molecule has 0 heterocycles. The van der Waals surface area contributed by atoms with Gasteiger partial charge in [0.2, 0.25) is 0 Å². The predicted octanol–water partition coefficient (Wildman–Crippen LogP) is 4.34. The first kappa shape index (κ1) is 15.3. The number of carbonyl (C=O) groups excluding carboxylic acids is 1. The molecule has 0 amide bonds. The van der Waals surface area contributed by atoms with Gasteiger partial charge in [-0.3, -0.25) is 4.79 Å². The maximum absolute atomic E-state index is 11.8. The van der Waals surface area contributed by atoms with Crippen LogP contribution in [0.25, 0.3) is 0 Å². The molecular formula is C20H21NO2. The van der Waals surface area contributed by atoms with Crippen LogP contribution in [0.1, 0.15) is 24.8 Å². The molecule has 3 nitrogen and oxygen atoms in total. The molecule has 2 aromatic rings. The molecule has 2 aromatic carbocycles. The molecule has 1 aliphatic carbocycles. The van der Waals surface area contributed by atoms with Gasteiger partial charge >= 0.3 is 0 Å². The molecule has 0 aliphatic heterocycles. The Morgan fingerprint density at radius 1 is 1.00 bits per heavy atom. The Hall–Kier alpha value is -2.55. The van der Waals surface area contributed by atoms with Crippen LogP contribution in [0.15, 0.2) is 66.4 Å². The van der Waals surface area contributed by atoms with E-state index in [4.69, 9.17) is 4.74 Å². The van der Waals surface area contributed by atoms with Gasteiger partial charge in [0.1, 0.15) is 5.75 Å². The van der Waals surface area contributed by atoms with Crippen molar-refractivity contribution in [1.82, 2.24) is 0 Å². The Bertz CT molecular complexity index is 689. The number of anilines is 1. The van der Waals surface area contributed by atoms with Crippen LogP contribution in [0.4, 0.5) is 5.69 Å². The summed E-state index contributed by atoms with van der Waals surface area (Å²) < 4.78 is 5.22. The quantitative estimate of drug-likeness (QED) is 0.823. The second-order valence-corrected chi connectivity index (χ2v) is 5.73. The van der Waals surface area contributed by atoms with E-state index in [0.29, 0.717) is 6.42 Å². The highest BCUT2D eigenvalue weighted by Gasteiger charge is 2.17. The summed E-state index contributed by atoms with van der Waals surface area (Å²) in [6.07, 6.45) is 4.34. The molecular weight excluding hydrogens is 286 g/mol. The van der Waals surface area contributed by atoms with E-state index in [9.17, 15) is 4.79 Å². The molecule has 3 rings (SSSR count). The van der Waals surface area contributed by atoms with Gasteiger partial charge in [-0.25, -0.2) is 0 Å². The summed E-state index contributed by atoms with van der Waals surface area (Å²) in [4.78, 5) is 14.1. The van der Waals surface area contributed by atoms with Crippen LogP contribution in [-0.2, 0) is 11.3 Å². The summed E-state index contributed by atoms with van der Waals surface area (Å²) in [6, 6.07) is 18.3. The van der Waals surface area contributed by atoms with Gasteiger partial charge in [-0.1, -0.05) is 30.3 Å². The molecule has 0 unspecified atom stereocenters. The molecule has 0 N–H and O–H groups in total. The standard InChI is InChI=1S/C20H21NO2/c1-23-20-12-10-16(11-13-20)15-21(17-6-3-2-4-7-17)18-8-5-9-19(22)14-18/h2-4,6-7,10-14H,5,8-9,15H2,1H3.